The van der Waals surface area contributed by atoms with Crippen LogP contribution in [0.4, 0.5) is 0 Å². The second-order valence-corrected chi connectivity index (χ2v) is 9.47. The molecule has 1 heterocycles. The molecule has 2 aliphatic rings. The van der Waals surface area contributed by atoms with E-state index in [1.54, 1.807) is 4.90 Å². The third kappa shape index (κ3) is 6.20. The summed E-state index contributed by atoms with van der Waals surface area (Å²) >= 11 is 0. The lowest BCUT2D eigenvalue weighted by Gasteiger charge is -2.39. The summed E-state index contributed by atoms with van der Waals surface area (Å²) < 4.78 is 25.0. The maximum absolute atomic E-state index is 12.7. The standard InChI is InChI=1S/C17H33N3O4S/c1-18-25(23,24)13-10-19-14-17(22)9-5-11-20(16(17)21)12-8-15-6-3-2-4-7-15/h15,18-19,22H,2-14H2,1H3. The minimum Gasteiger partial charge on any atom is -0.379 e. The van der Waals surface area contributed by atoms with Gasteiger partial charge in [-0.25, -0.2) is 13.1 Å². The average Bonchev–Trinajstić information content (AvgIpc) is 2.61. The van der Waals surface area contributed by atoms with Gasteiger partial charge in [-0.2, -0.15) is 0 Å². The number of nitrogens with one attached hydrogen (secondary N) is 2. The summed E-state index contributed by atoms with van der Waals surface area (Å²) in [4.78, 5) is 14.5. The van der Waals surface area contributed by atoms with Gasteiger partial charge in [0.15, 0.2) is 5.60 Å². The van der Waals surface area contributed by atoms with Crippen LogP contribution in [0.25, 0.3) is 0 Å². The lowest BCUT2D eigenvalue weighted by molar-refractivity contribution is -0.156. The monoisotopic (exact) mass is 375 g/mol. The van der Waals surface area contributed by atoms with Crippen LogP contribution in [0.1, 0.15) is 51.4 Å². The van der Waals surface area contributed by atoms with Gasteiger partial charge >= 0.3 is 0 Å². The number of carbonyl (C=O) groups is 1. The Hall–Kier alpha value is -0.700. The predicted molar refractivity (Wildman–Crippen MR) is 97.7 cm³/mol. The second kappa shape index (κ2) is 9.30. The molecule has 1 amide bonds. The van der Waals surface area contributed by atoms with Crippen molar-refractivity contribution in [3.8, 4) is 0 Å². The van der Waals surface area contributed by atoms with E-state index in [1.165, 1.54) is 39.2 Å². The quantitative estimate of drug-likeness (QED) is 0.508. The minimum atomic E-state index is -3.28. The number of aliphatic hydroxyl groups is 1. The van der Waals surface area contributed by atoms with E-state index in [9.17, 15) is 18.3 Å². The summed E-state index contributed by atoms with van der Waals surface area (Å²) in [6.45, 7) is 1.74. The van der Waals surface area contributed by atoms with Crippen LogP contribution in [-0.4, -0.2) is 68.9 Å². The number of piperidine rings is 1. The molecule has 1 aliphatic carbocycles. The Kier molecular flexibility index (Phi) is 7.67. The Bertz CT molecular complexity index is 534. The van der Waals surface area contributed by atoms with Gasteiger partial charge < -0.3 is 15.3 Å². The zero-order valence-corrected chi connectivity index (χ0v) is 16.1. The molecule has 7 nitrogen and oxygen atoms in total. The fourth-order valence-corrected chi connectivity index (χ4v) is 4.48. The zero-order valence-electron chi connectivity index (χ0n) is 15.3. The first-order valence-corrected chi connectivity index (χ1v) is 11.2. The molecule has 0 spiro atoms. The Balaban J connectivity index is 1.78. The van der Waals surface area contributed by atoms with Crippen LogP contribution in [-0.2, 0) is 14.8 Å². The van der Waals surface area contributed by atoms with Crippen LogP contribution in [0.15, 0.2) is 0 Å². The molecule has 1 atom stereocenters. The molecule has 3 N–H and O–H groups in total. The Morgan fingerprint density at radius 3 is 2.64 bits per heavy atom. The third-order valence-electron chi connectivity index (χ3n) is 5.51. The van der Waals surface area contributed by atoms with E-state index in [-0.39, 0.29) is 24.7 Å². The molecule has 0 radical (unpaired) electrons. The maximum Gasteiger partial charge on any atom is 0.255 e. The van der Waals surface area contributed by atoms with Crippen LogP contribution < -0.4 is 10.0 Å². The van der Waals surface area contributed by atoms with Gasteiger partial charge in [0.2, 0.25) is 10.0 Å². The number of sulfonamides is 1. The SMILES string of the molecule is CNS(=O)(=O)CCNCC1(O)CCCN(CCC2CCCCC2)C1=O. The van der Waals surface area contributed by atoms with Gasteiger partial charge in [0.05, 0.1) is 5.75 Å². The molecule has 0 aromatic heterocycles. The summed E-state index contributed by atoms with van der Waals surface area (Å²) in [5.41, 5.74) is -1.41. The number of likely N-dealkylation sites (tertiary alicyclic amines) is 1. The first-order chi connectivity index (χ1) is 11.9. The highest BCUT2D eigenvalue weighted by atomic mass is 32.2. The Labute approximate surface area is 151 Å². The predicted octanol–water partition coefficient (Wildman–Crippen LogP) is 0.449. The molecule has 1 saturated heterocycles. The number of hydrogen-bond donors (Lipinski definition) is 3. The number of amides is 1. The van der Waals surface area contributed by atoms with Gasteiger partial charge in [-0.05, 0) is 32.2 Å². The van der Waals surface area contributed by atoms with Gasteiger partial charge in [0, 0.05) is 26.2 Å². The molecule has 25 heavy (non-hydrogen) atoms. The summed E-state index contributed by atoms with van der Waals surface area (Å²) in [6.07, 6.45) is 8.66. The van der Waals surface area contributed by atoms with E-state index in [4.69, 9.17) is 0 Å². The fourth-order valence-electron chi connectivity index (χ4n) is 3.86. The molecule has 1 unspecified atom stereocenters. The highest BCUT2D eigenvalue weighted by Gasteiger charge is 2.41. The van der Waals surface area contributed by atoms with Crippen molar-refractivity contribution in [2.75, 3.05) is 39.0 Å². The average molecular weight is 376 g/mol. The smallest absolute Gasteiger partial charge is 0.255 e. The normalized spacial score (nSPS) is 26.2. The van der Waals surface area contributed by atoms with Crippen molar-refractivity contribution in [2.45, 2.75) is 57.0 Å². The molecule has 0 aromatic carbocycles. The molecule has 0 aromatic rings. The van der Waals surface area contributed by atoms with Crippen molar-refractivity contribution in [3.05, 3.63) is 0 Å². The van der Waals surface area contributed by atoms with Crippen molar-refractivity contribution < 1.29 is 18.3 Å². The van der Waals surface area contributed by atoms with Crippen molar-refractivity contribution in [2.24, 2.45) is 5.92 Å². The van der Waals surface area contributed by atoms with E-state index < -0.39 is 15.6 Å². The van der Waals surface area contributed by atoms with Crippen LogP contribution in [0, 0.1) is 5.92 Å². The van der Waals surface area contributed by atoms with Crippen LogP contribution in [0.3, 0.4) is 0 Å². The van der Waals surface area contributed by atoms with Crippen molar-refractivity contribution >= 4 is 15.9 Å². The lowest BCUT2D eigenvalue weighted by atomic mass is 9.86. The van der Waals surface area contributed by atoms with Crippen molar-refractivity contribution in [1.29, 1.82) is 0 Å². The highest BCUT2D eigenvalue weighted by molar-refractivity contribution is 7.89. The summed E-state index contributed by atoms with van der Waals surface area (Å²) in [6, 6.07) is 0. The van der Waals surface area contributed by atoms with Gasteiger partial charge in [0.25, 0.3) is 5.91 Å². The first-order valence-electron chi connectivity index (χ1n) is 9.50. The number of carbonyl (C=O) groups excluding carboxylic acids is 1. The Morgan fingerprint density at radius 1 is 1.24 bits per heavy atom. The van der Waals surface area contributed by atoms with Crippen molar-refractivity contribution in [3.63, 3.8) is 0 Å². The van der Waals surface area contributed by atoms with Gasteiger partial charge in [-0.3, -0.25) is 4.79 Å². The maximum atomic E-state index is 12.7. The molecule has 146 valence electrons. The molecule has 2 rings (SSSR count). The largest absolute Gasteiger partial charge is 0.379 e. The zero-order chi connectivity index (χ0) is 18.3. The summed E-state index contributed by atoms with van der Waals surface area (Å²) in [5, 5.41) is 13.6. The lowest BCUT2D eigenvalue weighted by Crippen LogP contribution is -2.58. The van der Waals surface area contributed by atoms with E-state index in [0.29, 0.717) is 18.9 Å². The summed E-state index contributed by atoms with van der Waals surface area (Å²) in [7, 11) is -1.90. The molecular formula is C17H33N3O4S. The topological polar surface area (TPSA) is 98.7 Å². The van der Waals surface area contributed by atoms with Gasteiger partial charge in [-0.15, -0.1) is 0 Å². The molecule has 1 saturated carbocycles. The molecule has 8 heteroatoms. The van der Waals surface area contributed by atoms with E-state index in [1.807, 2.05) is 0 Å². The minimum absolute atomic E-state index is 0.0703. The van der Waals surface area contributed by atoms with Gasteiger partial charge in [-0.1, -0.05) is 32.1 Å². The second-order valence-electron chi connectivity index (χ2n) is 7.42. The van der Waals surface area contributed by atoms with Crippen LogP contribution in [0.2, 0.25) is 0 Å². The Morgan fingerprint density at radius 2 is 1.96 bits per heavy atom. The summed E-state index contributed by atoms with van der Waals surface area (Å²) in [5.74, 6) is 0.430. The third-order valence-corrected chi connectivity index (χ3v) is 6.88. The molecule has 0 bridgehead atoms. The molecular weight excluding hydrogens is 342 g/mol. The number of nitrogens with zero attached hydrogens (tertiary/aromatic N) is 1. The van der Waals surface area contributed by atoms with Crippen LogP contribution in [0.5, 0.6) is 0 Å². The van der Waals surface area contributed by atoms with Crippen molar-refractivity contribution in [1.82, 2.24) is 14.9 Å². The van der Waals surface area contributed by atoms with E-state index in [2.05, 4.69) is 10.0 Å². The fraction of sp³-hybridized carbons (Fsp3) is 0.941. The molecule has 2 fully saturated rings. The van der Waals surface area contributed by atoms with Gasteiger partial charge in [0.1, 0.15) is 0 Å². The van der Waals surface area contributed by atoms with E-state index >= 15 is 0 Å². The van der Waals surface area contributed by atoms with E-state index in [0.717, 1.165) is 19.4 Å². The number of rotatable bonds is 9. The van der Waals surface area contributed by atoms with Crippen LogP contribution >= 0.6 is 0 Å². The number of hydrogen-bond acceptors (Lipinski definition) is 5. The molecule has 1 aliphatic heterocycles. The first kappa shape index (κ1) is 20.6. The highest BCUT2D eigenvalue weighted by Crippen LogP contribution is 2.28.